The van der Waals surface area contributed by atoms with Crippen molar-refractivity contribution in [3.63, 3.8) is 0 Å². The predicted molar refractivity (Wildman–Crippen MR) is 102 cm³/mol. The number of amides is 2. The molecule has 0 aliphatic heterocycles. The van der Waals surface area contributed by atoms with Crippen LogP contribution in [0.2, 0.25) is 5.02 Å². The SMILES string of the molecule is Cc1cc(C(=O)NNC(=O)c2ccc(Cl)cc2)c(C)n1-c1ccccc1. The monoisotopic (exact) mass is 367 g/mol. The lowest BCUT2D eigenvalue weighted by molar-refractivity contribution is 0.0846. The highest BCUT2D eigenvalue weighted by Crippen LogP contribution is 2.20. The molecule has 0 unspecified atom stereocenters. The molecule has 0 saturated heterocycles. The number of nitrogens with one attached hydrogen (secondary N) is 2. The van der Waals surface area contributed by atoms with Crippen LogP contribution in [0.4, 0.5) is 0 Å². The molecule has 132 valence electrons. The van der Waals surface area contributed by atoms with Gasteiger partial charge in [0.05, 0.1) is 5.56 Å². The van der Waals surface area contributed by atoms with E-state index in [9.17, 15) is 9.59 Å². The molecule has 5 nitrogen and oxygen atoms in total. The largest absolute Gasteiger partial charge is 0.318 e. The van der Waals surface area contributed by atoms with Crippen LogP contribution in [0.3, 0.4) is 0 Å². The van der Waals surface area contributed by atoms with Crippen LogP contribution in [0.15, 0.2) is 60.7 Å². The van der Waals surface area contributed by atoms with Crippen LogP contribution in [0, 0.1) is 13.8 Å². The first kappa shape index (κ1) is 17.8. The Morgan fingerprint density at radius 2 is 1.50 bits per heavy atom. The van der Waals surface area contributed by atoms with E-state index in [0.29, 0.717) is 16.1 Å². The number of aryl methyl sites for hydroxylation is 1. The summed E-state index contributed by atoms with van der Waals surface area (Å²) in [5.74, 6) is -0.783. The number of nitrogens with zero attached hydrogens (tertiary/aromatic N) is 1. The number of para-hydroxylation sites is 1. The Morgan fingerprint density at radius 3 is 2.15 bits per heavy atom. The molecule has 0 aliphatic rings. The minimum absolute atomic E-state index is 0.373. The van der Waals surface area contributed by atoms with Gasteiger partial charge in [0.2, 0.25) is 0 Å². The summed E-state index contributed by atoms with van der Waals surface area (Å²) in [6, 6.07) is 18.0. The van der Waals surface area contributed by atoms with E-state index in [2.05, 4.69) is 10.9 Å². The normalized spacial score (nSPS) is 10.4. The van der Waals surface area contributed by atoms with Gasteiger partial charge in [-0.05, 0) is 56.3 Å². The van der Waals surface area contributed by atoms with E-state index < -0.39 is 5.91 Å². The van der Waals surface area contributed by atoms with E-state index in [1.165, 1.54) is 0 Å². The second-order valence-corrected chi connectivity index (χ2v) is 6.31. The second kappa shape index (κ2) is 7.45. The molecule has 0 radical (unpaired) electrons. The topological polar surface area (TPSA) is 63.1 Å². The molecule has 3 rings (SSSR count). The lowest BCUT2D eigenvalue weighted by atomic mass is 10.2. The first-order valence-electron chi connectivity index (χ1n) is 8.08. The summed E-state index contributed by atoms with van der Waals surface area (Å²) in [6.45, 7) is 3.80. The molecule has 0 atom stereocenters. The Hall–Kier alpha value is -3.05. The number of aromatic nitrogens is 1. The smallest absolute Gasteiger partial charge is 0.271 e. The van der Waals surface area contributed by atoms with Gasteiger partial charge in [-0.1, -0.05) is 29.8 Å². The number of carbonyl (C=O) groups is 2. The minimum Gasteiger partial charge on any atom is -0.318 e. The zero-order valence-corrected chi connectivity index (χ0v) is 15.2. The van der Waals surface area contributed by atoms with Crippen LogP contribution < -0.4 is 10.9 Å². The van der Waals surface area contributed by atoms with Crippen LogP contribution in [-0.4, -0.2) is 16.4 Å². The number of benzene rings is 2. The van der Waals surface area contributed by atoms with Gasteiger partial charge in [0.25, 0.3) is 11.8 Å². The Morgan fingerprint density at radius 1 is 0.885 bits per heavy atom. The average Bonchev–Trinajstić information content (AvgIpc) is 2.95. The number of carbonyl (C=O) groups excluding carboxylic acids is 2. The third kappa shape index (κ3) is 3.63. The van der Waals surface area contributed by atoms with Gasteiger partial charge in [0.15, 0.2) is 0 Å². The Balaban J connectivity index is 1.74. The van der Waals surface area contributed by atoms with Gasteiger partial charge >= 0.3 is 0 Å². The fourth-order valence-electron chi connectivity index (χ4n) is 2.82. The van der Waals surface area contributed by atoms with Crippen molar-refractivity contribution in [1.29, 1.82) is 0 Å². The van der Waals surface area contributed by atoms with Crippen LogP contribution >= 0.6 is 11.6 Å². The van der Waals surface area contributed by atoms with Crippen molar-refractivity contribution in [1.82, 2.24) is 15.4 Å². The van der Waals surface area contributed by atoms with Crippen molar-refractivity contribution in [2.24, 2.45) is 0 Å². The molecule has 2 N–H and O–H groups in total. The van der Waals surface area contributed by atoms with Crippen molar-refractivity contribution in [2.75, 3.05) is 0 Å². The number of hydrazine groups is 1. The van der Waals surface area contributed by atoms with Gasteiger partial charge in [-0.3, -0.25) is 20.4 Å². The van der Waals surface area contributed by atoms with E-state index in [1.807, 2.05) is 48.7 Å². The number of rotatable bonds is 3. The molecule has 0 bridgehead atoms. The maximum Gasteiger partial charge on any atom is 0.271 e. The third-order valence-electron chi connectivity index (χ3n) is 4.09. The van der Waals surface area contributed by atoms with Crippen LogP contribution in [0.5, 0.6) is 0 Å². The zero-order valence-electron chi connectivity index (χ0n) is 14.4. The van der Waals surface area contributed by atoms with Crippen molar-refractivity contribution in [3.8, 4) is 5.69 Å². The molecule has 2 amide bonds. The minimum atomic E-state index is -0.410. The van der Waals surface area contributed by atoms with Crippen molar-refractivity contribution >= 4 is 23.4 Å². The molecule has 1 heterocycles. The van der Waals surface area contributed by atoms with Gasteiger partial charge in [-0.25, -0.2) is 0 Å². The first-order chi connectivity index (χ1) is 12.5. The Bertz CT molecular complexity index is 947. The van der Waals surface area contributed by atoms with Gasteiger partial charge in [0, 0.05) is 27.7 Å². The second-order valence-electron chi connectivity index (χ2n) is 5.87. The van der Waals surface area contributed by atoms with Crippen molar-refractivity contribution in [2.45, 2.75) is 13.8 Å². The Labute approximate surface area is 156 Å². The van der Waals surface area contributed by atoms with E-state index >= 15 is 0 Å². The van der Waals surface area contributed by atoms with E-state index in [-0.39, 0.29) is 5.91 Å². The molecule has 0 spiro atoms. The van der Waals surface area contributed by atoms with Gasteiger partial charge in [-0.2, -0.15) is 0 Å². The molecule has 2 aromatic carbocycles. The standard InChI is InChI=1S/C20H18ClN3O2/c1-13-12-18(14(2)24(13)17-6-4-3-5-7-17)20(26)23-22-19(25)15-8-10-16(21)11-9-15/h3-12H,1-2H3,(H,22,25)(H,23,26). The summed E-state index contributed by atoms with van der Waals surface area (Å²) in [6.07, 6.45) is 0. The highest BCUT2D eigenvalue weighted by molar-refractivity contribution is 6.30. The third-order valence-corrected chi connectivity index (χ3v) is 4.34. The van der Waals surface area contributed by atoms with E-state index in [0.717, 1.165) is 17.1 Å². The summed E-state index contributed by atoms with van der Waals surface area (Å²) in [5, 5.41) is 0.541. The fourth-order valence-corrected chi connectivity index (χ4v) is 2.95. The molecule has 3 aromatic rings. The van der Waals surface area contributed by atoms with E-state index in [1.54, 1.807) is 30.3 Å². The Kier molecular flexibility index (Phi) is 5.09. The number of hydrogen-bond donors (Lipinski definition) is 2. The molecular formula is C20H18ClN3O2. The summed E-state index contributed by atoms with van der Waals surface area (Å²) in [4.78, 5) is 24.6. The molecule has 0 saturated carbocycles. The molecule has 1 aromatic heterocycles. The average molecular weight is 368 g/mol. The van der Waals surface area contributed by atoms with Crippen LogP contribution in [-0.2, 0) is 0 Å². The van der Waals surface area contributed by atoms with E-state index in [4.69, 9.17) is 11.6 Å². The summed E-state index contributed by atoms with van der Waals surface area (Å²) in [7, 11) is 0. The van der Waals surface area contributed by atoms with Crippen LogP contribution in [0.25, 0.3) is 5.69 Å². The zero-order chi connectivity index (χ0) is 18.7. The summed E-state index contributed by atoms with van der Waals surface area (Å²) in [5.41, 5.74) is 8.50. The molecular weight excluding hydrogens is 350 g/mol. The lowest BCUT2D eigenvalue weighted by Gasteiger charge is -2.10. The molecule has 6 heteroatoms. The molecule has 0 fully saturated rings. The number of hydrogen-bond acceptors (Lipinski definition) is 2. The predicted octanol–water partition coefficient (Wildman–Crippen LogP) is 3.82. The van der Waals surface area contributed by atoms with Gasteiger partial charge < -0.3 is 4.57 Å². The highest BCUT2D eigenvalue weighted by atomic mass is 35.5. The van der Waals surface area contributed by atoms with Crippen molar-refractivity contribution in [3.05, 3.63) is 88.2 Å². The van der Waals surface area contributed by atoms with Gasteiger partial charge in [0.1, 0.15) is 0 Å². The van der Waals surface area contributed by atoms with Gasteiger partial charge in [-0.15, -0.1) is 0 Å². The maximum absolute atomic E-state index is 12.5. The summed E-state index contributed by atoms with van der Waals surface area (Å²) >= 11 is 5.81. The quantitative estimate of drug-likeness (QED) is 0.691. The van der Waals surface area contributed by atoms with Crippen molar-refractivity contribution < 1.29 is 9.59 Å². The summed E-state index contributed by atoms with van der Waals surface area (Å²) < 4.78 is 2.00. The molecule has 0 aliphatic carbocycles. The highest BCUT2D eigenvalue weighted by Gasteiger charge is 2.17. The molecule has 26 heavy (non-hydrogen) atoms. The fraction of sp³-hybridized carbons (Fsp3) is 0.100. The first-order valence-corrected chi connectivity index (χ1v) is 8.46. The number of halogens is 1. The lowest BCUT2D eigenvalue weighted by Crippen LogP contribution is -2.41. The maximum atomic E-state index is 12.5. The van der Waals surface area contributed by atoms with Crippen LogP contribution in [0.1, 0.15) is 32.1 Å².